The highest BCUT2D eigenvalue weighted by Gasteiger charge is 2.35. The molecule has 1 aliphatic rings. The van der Waals surface area contributed by atoms with Crippen LogP contribution in [-0.4, -0.2) is 48.3 Å². The number of esters is 1. The molecule has 0 radical (unpaired) electrons. The molecule has 0 N–H and O–H groups in total. The number of benzene rings is 2. The van der Waals surface area contributed by atoms with Crippen LogP contribution in [0.25, 0.3) is 0 Å². The first-order chi connectivity index (χ1) is 16.2. The number of fused-ring (bicyclic) bond motifs is 1. The van der Waals surface area contributed by atoms with Crippen molar-refractivity contribution in [2.24, 2.45) is 0 Å². The number of hydrogen-bond donors (Lipinski definition) is 0. The van der Waals surface area contributed by atoms with E-state index in [0.717, 1.165) is 21.6 Å². The Kier molecular flexibility index (Phi) is 7.79. The van der Waals surface area contributed by atoms with E-state index in [2.05, 4.69) is 0 Å². The van der Waals surface area contributed by atoms with Crippen molar-refractivity contribution in [2.45, 2.75) is 40.0 Å². The van der Waals surface area contributed by atoms with Gasteiger partial charge in [0.05, 0.1) is 23.6 Å². The topological polar surface area (TPSA) is 108 Å². The van der Waals surface area contributed by atoms with Crippen LogP contribution >= 0.6 is 0 Å². The maximum Gasteiger partial charge on any atom is 0.306 e. The van der Waals surface area contributed by atoms with Gasteiger partial charge in [-0.2, -0.15) is 5.26 Å². The quantitative estimate of drug-likeness (QED) is 0.418. The van der Waals surface area contributed by atoms with Gasteiger partial charge in [-0.05, 0) is 62.6 Å². The summed E-state index contributed by atoms with van der Waals surface area (Å²) in [7, 11) is 0. The number of carbonyl (C=O) groups excluding carboxylic acids is 4. The van der Waals surface area contributed by atoms with Crippen molar-refractivity contribution in [3.8, 4) is 6.07 Å². The van der Waals surface area contributed by atoms with Gasteiger partial charge in [-0.15, -0.1) is 0 Å². The fraction of sp³-hybridized carbons (Fsp3) is 0.346. The van der Waals surface area contributed by atoms with E-state index in [-0.39, 0.29) is 44.2 Å². The van der Waals surface area contributed by atoms with Crippen LogP contribution in [0.15, 0.2) is 36.4 Å². The van der Waals surface area contributed by atoms with Crippen molar-refractivity contribution in [1.29, 1.82) is 5.26 Å². The zero-order valence-corrected chi connectivity index (χ0v) is 19.6. The highest BCUT2D eigenvalue weighted by atomic mass is 16.5. The molecule has 176 valence electrons. The molecule has 0 saturated heterocycles. The molecule has 0 atom stereocenters. The Morgan fingerprint density at radius 3 is 2.32 bits per heavy atom. The fourth-order valence-electron chi connectivity index (χ4n) is 3.95. The Balaban J connectivity index is 1.52. The maximum absolute atomic E-state index is 12.7. The van der Waals surface area contributed by atoms with E-state index in [1.165, 1.54) is 4.90 Å². The van der Waals surface area contributed by atoms with Crippen LogP contribution in [0.3, 0.4) is 0 Å². The number of amides is 3. The van der Waals surface area contributed by atoms with Gasteiger partial charge in [0.15, 0.2) is 6.61 Å². The van der Waals surface area contributed by atoms with Crippen LogP contribution in [0.4, 0.5) is 5.69 Å². The van der Waals surface area contributed by atoms with Gasteiger partial charge in [0.25, 0.3) is 17.7 Å². The predicted octanol–water partition coefficient (Wildman–Crippen LogP) is 3.48. The number of hydrogen-bond acceptors (Lipinski definition) is 6. The van der Waals surface area contributed by atoms with Gasteiger partial charge in [0.2, 0.25) is 0 Å². The summed E-state index contributed by atoms with van der Waals surface area (Å²) >= 11 is 0. The molecule has 0 bridgehead atoms. The molecule has 0 aliphatic carbocycles. The van der Waals surface area contributed by atoms with Gasteiger partial charge in [0, 0.05) is 25.2 Å². The van der Waals surface area contributed by atoms with Crippen molar-refractivity contribution in [2.75, 3.05) is 24.6 Å². The Morgan fingerprint density at radius 2 is 1.65 bits per heavy atom. The number of aryl methyl sites for hydroxylation is 3. The highest BCUT2D eigenvalue weighted by Crippen LogP contribution is 2.24. The van der Waals surface area contributed by atoms with Crippen molar-refractivity contribution in [3.63, 3.8) is 0 Å². The van der Waals surface area contributed by atoms with Gasteiger partial charge in [-0.1, -0.05) is 17.7 Å². The van der Waals surface area contributed by atoms with Crippen LogP contribution in [0.2, 0.25) is 0 Å². The second-order valence-electron chi connectivity index (χ2n) is 8.37. The van der Waals surface area contributed by atoms with Crippen molar-refractivity contribution in [3.05, 3.63) is 64.2 Å². The van der Waals surface area contributed by atoms with Gasteiger partial charge < -0.3 is 9.64 Å². The lowest BCUT2D eigenvalue weighted by atomic mass is 10.1. The van der Waals surface area contributed by atoms with Crippen molar-refractivity contribution >= 4 is 29.4 Å². The molecule has 3 rings (SSSR count). The van der Waals surface area contributed by atoms with Gasteiger partial charge in [-0.25, -0.2) is 0 Å². The Hall–Kier alpha value is -3.99. The van der Waals surface area contributed by atoms with Crippen LogP contribution in [0.1, 0.15) is 56.7 Å². The molecule has 0 aromatic heterocycles. The molecule has 3 amide bonds. The molecule has 34 heavy (non-hydrogen) atoms. The maximum atomic E-state index is 12.7. The molecule has 0 unspecified atom stereocenters. The number of nitrogens with zero attached hydrogens (tertiary/aromatic N) is 3. The summed E-state index contributed by atoms with van der Waals surface area (Å²) in [5.41, 5.74) is 4.24. The average Bonchev–Trinajstić information content (AvgIpc) is 3.01. The van der Waals surface area contributed by atoms with E-state index in [1.54, 1.807) is 18.2 Å². The number of carbonyl (C=O) groups is 4. The third-order valence-corrected chi connectivity index (χ3v) is 5.51. The molecule has 0 spiro atoms. The largest absolute Gasteiger partial charge is 0.456 e. The zero-order chi connectivity index (χ0) is 24.8. The van der Waals surface area contributed by atoms with Crippen molar-refractivity contribution in [1.82, 2.24) is 4.90 Å². The zero-order valence-electron chi connectivity index (χ0n) is 19.6. The normalized spacial score (nSPS) is 12.4. The molecule has 8 heteroatoms. The lowest BCUT2D eigenvalue weighted by Crippen LogP contribution is -2.35. The smallest absolute Gasteiger partial charge is 0.306 e. The summed E-state index contributed by atoms with van der Waals surface area (Å²) in [6.07, 6.45) is 0.334. The second kappa shape index (κ2) is 10.8. The number of rotatable bonds is 9. The number of imide groups is 1. The van der Waals surface area contributed by atoms with Crippen LogP contribution < -0.4 is 4.90 Å². The van der Waals surface area contributed by atoms with E-state index >= 15 is 0 Å². The van der Waals surface area contributed by atoms with Crippen LogP contribution in [0.5, 0.6) is 0 Å². The van der Waals surface area contributed by atoms with E-state index in [9.17, 15) is 19.2 Å². The van der Waals surface area contributed by atoms with E-state index in [1.807, 2.05) is 45.0 Å². The third kappa shape index (κ3) is 5.67. The molecule has 2 aromatic carbocycles. The van der Waals surface area contributed by atoms with Gasteiger partial charge in [0.1, 0.15) is 0 Å². The lowest BCUT2D eigenvalue weighted by molar-refractivity contribution is -0.148. The van der Waals surface area contributed by atoms with Gasteiger partial charge >= 0.3 is 5.97 Å². The number of ether oxygens (including phenoxy) is 1. The average molecular weight is 462 g/mol. The first-order valence-electron chi connectivity index (χ1n) is 11.1. The number of anilines is 1. The summed E-state index contributed by atoms with van der Waals surface area (Å²) in [6.45, 7) is 5.50. The minimum absolute atomic E-state index is 0.0402. The Bertz CT molecular complexity index is 1160. The second-order valence-corrected chi connectivity index (χ2v) is 8.37. The standard InChI is InChI=1S/C26H27N3O5/c1-17-7-8-21-22(15-17)26(33)29(25(21)32)10-4-6-24(31)34-16-23(30)28(11-5-9-27)20-13-18(2)12-19(3)14-20/h7-8,12-15H,4-6,10-11,16H2,1-3H3. The Labute approximate surface area is 198 Å². The first-order valence-corrected chi connectivity index (χ1v) is 11.1. The van der Waals surface area contributed by atoms with Crippen LogP contribution in [0, 0.1) is 32.1 Å². The summed E-state index contributed by atoms with van der Waals surface area (Å²) in [5, 5.41) is 8.94. The first kappa shape index (κ1) is 24.6. The monoisotopic (exact) mass is 461 g/mol. The molecule has 0 fully saturated rings. The SMILES string of the molecule is Cc1cc(C)cc(N(CCC#N)C(=O)COC(=O)CCCN2C(=O)c3ccc(C)cc3C2=O)c1. The molecular weight excluding hydrogens is 434 g/mol. The molecule has 1 aliphatic heterocycles. The molecule has 2 aromatic rings. The summed E-state index contributed by atoms with van der Waals surface area (Å²) in [5.74, 6) is -1.76. The predicted molar refractivity (Wildman–Crippen MR) is 125 cm³/mol. The lowest BCUT2D eigenvalue weighted by Gasteiger charge is -2.22. The highest BCUT2D eigenvalue weighted by molar-refractivity contribution is 6.21. The minimum Gasteiger partial charge on any atom is -0.456 e. The van der Waals surface area contributed by atoms with E-state index in [0.29, 0.717) is 16.8 Å². The van der Waals surface area contributed by atoms with Crippen LogP contribution in [-0.2, 0) is 14.3 Å². The molecular formula is C26H27N3O5. The van der Waals surface area contributed by atoms with E-state index in [4.69, 9.17) is 10.00 Å². The summed E-state index contributed by atoms with van der Waals surface area (Å²) in [4.78, 5) is 52.5. The molecule has 1 heterocycles. The van der Waals surface area contributed by atoms with E-state index < -0.39 is 18.5 Å². The fourth-order valence-corrected chi connectivity index (χ4v) is 3.95. The summed E-state index contributed by atoms with van der Waals surface area (Å²) < 4.78 is 5.14. The third-order valence-electron chi connectivity index (χ3n) is 5.51. The minimum atomic E-state index is -0.596. The number of nitriles is 1. The molecule has 0 saturated carbocycles. The molecule has 8 nitrogen and oxygen atoms in total. The Morgan fingerprint density at radius 1 is 0.971 bits per heavy atom. The van der Waals surface area contributed by atoms with Gasteiger partial charge in [-0.3, -0.25) is 24.1 Å². The van der Waals surface area contributed by atoms with Crippen molar-refractivity contribution < 1.29 is 23.9 Å². The summed E-state index contributed by atoms with van der Waals surface area (Å²) in [6, 6.07) is 12.8.